The van der Waals surface area contributed by atoms with Crippen LogP contribution in [-0.4, -0.2) is 40.2 Å². The molecule has 10 heteroatoms. The van der Waals surface area contributed by atoms with Gasteiger partial charge in [-0.05, 0) is 48.6 Å². The van der Waals surface area contributed by atoms with Gasteiger partial charge >= 0.3 is 0 Å². The highest BCUT2D eigenvalue weighted by Crippen LogP contribution is 2.32. The maximum absolute atomic E-state index is 14.3. The Morgan fingerprint density at radius 2 is 1.71 bits per heavy atom. The Morgan fingerprint density at radius 3 is 2.34 bits per heavy atom. The molecule has 184 valence electrons. The molecule has 6 nitrogen and oxygen atoms in total. The summed E-state index contributed by atoms with van der Waals surface area (Å²) in [5.74, 6) is -2.27. The highest BCUT2D eigenvalue weighted by Gasteiger charge is 2.28. The number of aliphatic hydroxyl groups excluding tert-OH is 1. The number of piperidine rings is 1. The lowest BCUT2D eigenvalue weighted by Gasteiger charge is -2.33. The van der Waals surface area contributed by atoms with Crippen molar-refractivity contribution in [1.82, 2.24) is 9.47 Å². The smallest absolute Gasteiger partial charge is 0.271 e. The number of aromatic nitrogens is 1. The van der Waals surface area contributed by atoms with E-state index in [0.717, 1.165) is 22.3 Å². The van der Waals surface area contributed by atoms with Crippen molar-refractivity contribution in [3.63, 3.8) is 0 Å². The van der Waals surface area contributed by atoms with Gasteiger partial charge in [-0.3, -0.25) is 9.59 Å². The number of carbonyl (C=O) groups is 1. The van der Waals surface area contributed by atoms with Crippen molar-refractivity contribution in [2.75, 3.05) is 25.0 Å². The fourth-order valence-corrected chi connectivity index (χ4v) is 4.49. The number of nitrogens with one attached hydrogen (secondary N) is 1. The van der Waals surface area contributed by atoms with Crippen LogP contribution < -0.4 is 10.9 Å². The summed E-state index contributed by atoms with van der Waals surface area (Å²) in [4.78, 5) is 27.8. The van der Waals surface area contributed by atoms with Gasteiger partial charge in [0.1, 0.15) is 22.5 Å². The van der Waals surface area contributed by atoms with E-state index in [2.05, 4.69) is 5.32 Å². The first kappa shape index (κ1) is 24.8. The van der Waals surface area contributed by atoms with Crippen LogP contribution in [0, 0.1) is 17.5 Å². The number of nitrogens with zero attached hydrogens (tertiary/aromatic N) is 2. The molecule has 2 aromatic carbocycles. The zero-order valence-corrected chi connectivity index (χ0v) is 19.4. The Morgan fingerprint density at radius 1 is 1.06 bits per heavy atom. The molecule has 0 radical (unpaired) electrons. The summed E-state index contributed by atoms with van der Waals surface area (Å²) in [5, 5.41) is 11.6. The number of hydrogen-bond acceptors (Lipinski definition) is 4. The Labute approximate surface area is 204 Å². The summed E-state index contributed by atoms with van der Waals surface area (Å²) in [6, 6.07) is 9.14. The minimum atomic E-state index is -0.917. The van der Waals surface area contributed by atoms with Crippen molar-refractivity contribution in [3.05, 3.63) is 92.6 Å². The Bertz CT molecular complexity index is 1290. The second-order valence-electron chi connectivity index (χ2n) is 8.32. The number of aliphatic hydroxyl groups is 1. The minimum Gasteiger partial charge on any atom is -0.395 e. The van der Waals surface area contributed by atoms with Crippen molar-refractivity contribution in [2.24, 2.45) is 0 Å². The molecule has 1 fully saturated rings. The fourth-order valence-electron chi connectivity index (χ4n) is 4.24. The predicted molar refractivity (Wildman–Crippen MR) is 127 cm³/mol. The topological polar surface area (TPSA) is 74.6 Å². The molecular formula is C25H23ClF3N3O3. The van der Waals surface area contributed by atoms with Gasteiger partial charge in [-0.15, -0.1) is 0 Å². The monoisotopic (exact) mass is 505 g/mol. The van der Waals surface area contributed by atoms with Gasteiger partial charge < -0.3 is 19.9 Å². The van der Waals surface area contributed by atoms with Crippen molar-refractivity contribution >= 4 is 28.9 Å². The number of anilines is 2. The average molecular weight is 506 g/mol. The number of benzene rings is 2. The van der Waals surface area contributed by atoms with Crippen LogP contribution >= 0.6 is 11.6 Å². The average Bonchev–Trinajstić information content (AvgIpc) is 2.85. The fraction of sp³-hybridized carbons (Fsp3) is 0.280. The summed E-state index contributed by atoms with van der Waals surface area (Å²) in [7, 11) is 0. The van der Waals surface area contributed by atoms with Crippen LogP contribution in [0.15, 0.2) is 53.5 Å². The number of hydrogen-bond donors (Lipinski definition) is 2. The minimum absolute atomic E-state index is 0.0204. The van der Waals surface area contributed by atoms with Gasteiger partial charge in [-0.2, -0.15) is 0 Å². The predicted octanol–water partition coefficient (Wildman–Crippen LogP) is 4.67. The van der Waals surface area contributed by atoms with Gasteiger partial charge in [-0.1, -0.05) is 23.7 Å². The molecule has 0 saturated carbocycles. The molecule has 35 heavy (non-hydrogen) atoms. The molecule has 2 N–H and O–H groups in total. The first-order valence-corrected chi connectivity index (χ1v) is 11.5. The highest BCUT2D eigenvalue weighted by molar-refractivity contribution is 6.34. The molecule has 1 aromatic heterocycles. The quantitative estimate of drug-likeness (QED) is 0.510. The molecule has 4 rings (SSSR count). The van der Waals surface area contributed by atoms with Gasteiger partial charge in [0.25, 0.3) is 11.5 Å². The zero-order chi connectivity index (χ0) is 25.1. The molecule has 0 atom stereocenters. The second kappa shape index (κ2) is 10.5. The lowest BCUT2D eigenvalue weighted by atomic mass is 9.89. The zero-order valence-electron chi connectivity index (χ0n) is 18.6. The maximum Gasteiger partial charge on any atom is 0.271 e. The van der Waals surface area contributed by atoms with Crippen LogP contribution in [0.3, 0.4) is 0 Å². The number of rotatable bonds is 6. The standard InChI is InChI=1S/C25H23ClF3N3O3/c26-22-23(30-21-6-5-18(28)13-20(21)29)19(14-32(11-12-33)25(22)35)24(34)31-9-7-16(8-10-31)15-1-3-17(27)4-2-15/h1-6,13-14,16,30,33H,7-12H2. The molecule has 1 amide bonds. The SMILES string of the molecule is O=C(c1cn(CCO)c(=O)c(Cl)c1Nc1ccc(F)cc1F)N1CCC(c2ccc(F)cc2)CC1. The highest BCUT2D eigenvalue weighted by atomic mass is 35.5. The molecule has 2 heterocycles. The first-order chi connectivity index (χ1) is 16.8. The molecule has 0 unspecified atom stereocenters. The van der Waals surface area contributed by atoms with E-state index >= 15 is 0 Å². The molecule has 1 aliphatic heterocycles. The Balaban J connectivity index is 1.63. The first-order valence-electron chi connectivity index (χ1n) is 11.1. The second-order valence-corrected chi connectivity index (χ2v) is 8.70. The van der Waals surface area contributed by atoms with E-state index in [0.29, 0.717) is 32.0 Å². The van der Waals surface area contributed by atoms with Crippen LogP contribution in [-0.2, 0) is 6.54 Å². The van der Waals surface area contributed by atoms with Crippen molar-refractivity contribution < 1.29 is 23.1 Å². The third kappa shape index (κ3) is 5.36. The number of carbonyl (C=O) groups excluding carboxylic acids is 1. The van der Waals surface area contributed by atoms with Crippen LogP contribution in [0.4, 0.5) is 24.5 Å². The van der Waals surface area contributed by atoms with E-state index in [1.807, 2.05) is 0 Å². The van der Waals surface area contributed by atoms with E-state index < -0.39 is 23.1 Å². The Kier molecular flexibility index (Phi) is 7.47. The maximum atomic E-state index is 14.3. The summed E-state index contributed by atoms with van der Waals surface area (Å²) in [6.07, 6.45) is 2.58. The Hall–Kier alpha value is -3.30. The number of halogens is 4. The van der Waals surface area contributed by atoms with Crippen molar-refractivity contribution in [3.8, 4) is 0 Å². The van der Waals surface area contributed by atoms with Gasteiger partial charge in [0, 0.05) is 31.9 Å². The largest absolute Gasteiger partial charge is 0.395 e. The number of amides is 1. The van der Waals surface area contributed by atoms with Crippen molar-refractivity contribution in [1.29, 1.82) is 0 Å². The number of pyridine rings is 1. The summed E-state index contributed by atoms with van der Waals surface area (Å²) in [6.45, 7) is 0.368. The lowest BCUT2D eigenvalue weighted by molar-refractivity contribution is 0.0713. The normalized spacial score (nSPS) is 14.3. The van der Waals surface area contributed by atoms with Gasteiger partial charge in [0.05, 0.1) is 23.5 Å². The summed E-state index contributed by atoms with van der Waals surface area (Å²) < 4.78 is 42.0. The summed E-state index contributed by atoms with van der Waals surface area (Å²) >= 11 is 6.30. The summed E-state index contributed by atoms with van der Waals surface area (Å²) in [5.41, 5.74) is 0.0928. The lowest BCUT2D eigenvalue weighted by Crippen LogP contribution is -2.39. The van der Waals surface area contributed by atoms with Crippen LogP contribution in [0.5, 0.6) is 0 Å². The number of likely N-dealkylation sites (tertiary alicyclic amines) is 1. The molecule has 0 spiro atoms. The molecule has 0 bridgehead atoms. The van der Waals surface area contributed by atoms with E-state index in [1.54, 1.807) is 17.0 Å². The van der Waals surface area contributed by atoms with Gasteiger partial charge in [0.15, 0.2) is 0 Å². The van der Waals surface area contributed by atoms with Gasteiger partial charge in [-0.25, -0.2) is 13.2 Å². The van der Waals surface area contributed by atoms with E-state index in [-0.39, 0.29) is 46.8 Å². The molecule has 1 saturated heterocycles. The molecular weight excluding hydrogens is 483 g/mol. The van der Waals surface area contributed by atoms with Crippen LogP contribution in [0.25, 0.3) is 0 Å². The molecule has 1 aliphatic rings. The van der Waals surface area contributed by atoms with E-state index in [1.165, 1.54) is 18.3 Å². The molecule has 3 aromatic rings. The van der Waals surface area contributed by atoms with E-state index in [9.17, 15) is 27.9 Å². The van der Waals surface area contributed by atoms with Crippen LogP contribution in [0.2, 0.25) is 5.02 Å². The van der Waals surface area contributed by atoms with E-state index in [4.69, 9.17) is 11.6 Å². The van der Waals surface area contributed by atoms with Gasteiger partial charge in [0.2, 0.25) is 0 Å². The van der Waals surface area contributed by atoms with Crippen molar-refractivity contribution in [2.45, 2.75) is 25.3 Å². The third-order valence-electron chi connectivity index (χ3n) is 6.11. The molecule has 0 aliphatic carbocycles. The van der Waals surface area contributed by atoms with Crippen LogP contribution in [0.1, 0.15) is 34.7 Å². The third-order valence-corrected chi connectivity index (χ3v) is 6.46.